The lowest BCUT2D eigenvalue weighted by Gasteiger charge is -2.50. The summed E-state index contributed by atoms with van der Waals surface area (Å²) in [5.41, 5.74) is -0.161. The van der Waals surface area contributed by atoms with E-state index in [0.29, 0.717) is 5.69 Å². The number of carbonyl (C=O) groups excluding carboxylic acids is 4. The third-order valence-electron chi connectivity index (χ3n) is 11.1. The summed E-state index contributed by atoms with van der Waals surface area (Å²) in [5, 5.41) is 14.7. The molecule has 2 aliphatic heterocycles. The molecule has 2 aliphatic carbocycles. The van der Waals surface area contributed by atoms with Crippen LogP contribution in [0.25, 0.3) is 0 Å². The number of alkyl halides is 2. The van der Waals surface area contributed by atoms with Gasteiger partial charge in [0.2, 0.25) is 17.6 Å². The van der Waals surface area contributed by atoms with E-state index in [9.17, 15) is 37.5 Å². The number of nitrogens with zero attached hydrogens (tertiary/aromatic N) is 2. The van der Waals surface area contributed by atoms with Crippen LogP contribution in [0, 0.1) is 46.8 Å². The maximum atomic E-state index is 15.3. The Kier molecular flexibility index (Phi) is 8.92. The second-order valence-electron chi connectivity index (χ2n) is 13.9. The Morgan fingerprint density at radius 3 is 2.04 bits per heavy atom. The molecule has 8 rings (SSSR count). The van der Waals surface area contributed by atoms with Crippen LogP contribution in [0.1, 0.15) is 31.2 Å². The number of benzene rings is 4. The van der Waals surface area contributed by atoms with Gasteiger partial charge in [-0.25, -0.2) is 26.9 Å². The monoisotopic (exact) mass is 811 g/mol. The first-order valence-electron chi connectivity index (χ1n) is 17.4. The second kappa shape index (κ2) is 13.3. The van der Waals surface area contributed by atoms with E-state index in [-0.39, 0.29) is 40.5 Å². The maximum absolute atomic E-state index is 15.3. The lowest BCUT2D eigenvalue weighted by atomic mass is 9.56. The Labute approximate surface area is 325 Å². The number of hydrogen-bond acceptors (Lipinski definition) is 7. The number of phenolic OH excluding ortho intramolecular Hbond substituents is 1. The normalized spacial score (nSPS) is 26.9. The number of para-hydroxylation sites is 2. The molecule has 6 atom stereocenters. The average molecular weight is 813 g/mol. The van der Waals surface area contributed by atoms with Crippen LogP contribution in [0.2, 0.25) is 0 Å². The van der Waals surface area contributed by atoms with Gasteiger partial charge in [0.25, 0.3) is 11.8 Å². The third-order valence-corrected chi connectivity index (χ3v) is 12.5. The van der Waals surface area contributed by atoms with E-state index < -0.39 is 104 Å². The van der Waals surface area contributed by atoms with Crippen molar-refractivity contribution in [2.24, 2.45) is 17.8 Å². The zero-order valence-corrected chi connectivity index (χ0v) is 30.5. The Bertz CT molecular complexity index is 2370. The fourth-order valence-corrected chi connectivity index (χ4v) is 9.52. The molecule has 6 unspecified atom stereocenters. The van der Waals surface area contributed by atoms with Gasteiger partial charge in [0.15, 0.2) is 44.5 Å². The van der Waals surface area contributed by atoms with E-state index in [1.807, 2.05) is 30.3 Å². The second-order valence-corrected chi connectivity index (χ2v) is 15.1. The zero-order valence-electron chi connectivity index (χ0n) is 29.0. The number of halogens is 7. The number of aromatic hydroxyl groups is 1. The Balaban J connectivity index is 1.25. The molecule has 0 bridgehead atoms. The predicted octanol–water partition coefficient (Wildman–Crippen LogP) is 8.00. The third kappa shape index (κ3) is 5.11. The van der Waals surface area contributed by atoms with Crippen molar-refractivity contribution in [1.82, 2.24) is 0 Å². The number of hydrogen-bond donors (Lipinski definition) is 2. The largest absolute Gasteiger partial charge is 0.504 e. The highest BCUT2D eigenvalue weighted by Gasteiger charge is 2.77. The lowest BCUT2D eigenvalue weighted by molar-refractivity contribution is -0.125. The molecule has 9 nitrogen and oxygen atoms in total. The number of imide groups is 2. The minimum atomic E-state index is -2.80. The molecular formula is C40H28Cl2F5N3O6. The van der Waals surface area contributed by atoms with Crippen molar-refractivity contribution < 1.29 is 51.0 Å². The molecule has 2 heterocycles. The smallest absolute Gasteiger partial charge is 0.258 e. The molecule has 0 radical (unpaired) electrons. The van der Waals surface area contributed by atoms with Crippen LogP contribution in [0.15, 0.2) is 84.4 Å². The minimum absolute atomic E-state index is 0.0701. The number of amides is 4. The van der Waals surface area contributed by atoms with Gasteiger partial charge >= 0.3 is 0 Å². The number of nitrogens with one attached hydrogen (secondary N) is 1. The first kappa shape index (κ1) is 37.5. The van der Waals surface area contributed by atoms with Crippen LogP contribution in [0.4, 0.5) is 44.7 Å². The summed E-state index contributed by atoms with van der Waals surface area (Å²) < 4.78 is 79.4. The summed E-state index contributed by atoms with van der Waals surface area (Å²) in [6, 6.07) is 19.9. The molecule has 0 aromatic heterocycles. The standard InChI is InChI=1S/C40H28Cl2F5N3O6/c1-2-56-25-10-6-9-23(34(25)51)27-21-15-16-22-26(36(53)49(35(22)52)20-13-11-19(12-14-20)48-18-7-4-3-5-8-18)24(21)17-39(41)37(54)50(38(55)40(27,39)42)33-31(46)29(44)28(43)30(45)32(33)47/h3-15,22,24,26-27,48,51H,2,16-17H2,1H3. The molecule has 16 heteroatoms. The van der Waals surface area contributed by atoms with Crippen LogP contribution in [0.3, 0.4) is 0 Å². The summed E-state index contributed by atoms with van der Waals surface area (Å²) in [6.07, 6.45) is 0.792. The molecule has 288 valence electrons. The number of anilines is 4. The van der Waals surface area contributed by atoms with Gasteiger partial charge in [-0.2, -0.15) is 0 Å². The number of carbonyl (C=O) groups is 4. The van der Waals surface area contributed by atoms with Crippen molar-refractivity contribution in [3.63, 3.8) is 0 Å². The molecule has 0 spiro atoms. The van der Waals surface area contributed by atoms with Gasteiger partial charge in [-0.3, -0.25) is 24.1 Å². The number of ether oxygens (including phenoxy) is 1. The SMILES string of the molecule is CCOc1cccc(C2C3=CCC4C(=O)N(c5ccc(Nc6ccccc6)cc5)C(=O)C4C3CC3(Cl)C(=O)N(c4c(F)c(F)c(F)c(F)c4F)C(=O)C23Cl)c1O. The first-order valence-corrected chi connectivity index (χ1v) is 18.2. The number of phenols is 1. The summed E-state index contributed by atoms with van der Waals surface area (Å²) in [7, 11) is 0. The van der Waals surface area contributed by atoms with Crippen molar-refractivity contribution in [2.45, 2.75) is 35.4 Å². The van der Waals surface area contributed by atoms with E-state index in [1.54, 1.807) is 37.3 Å². The van der Waals surface area contributed by atoms with E-state index in [4.69, 9.17) is 27.9 Å². The molecule has 2 N–H and O–H groups in total. The van der Waals surface area contributed by atoms with Gasteiger partial charge in [0.1, 0.15) is 5.69 Å². The van der Waals surface area contributed by atoms with Crippen LogP contribution in [-0.2, 0) is 19.2 Å². The average Bonchev–Trinajstić information content (AvgIpc) is 3.53. The summed E-state index contributed by atoms with van der Waals surface area (Å²) >= 11 is 14.4. The molecule has 2 saturated heterocycles. The lowest BCUT2D eigenvalue weighted by Crippen LogP contribution is -2.60. The molecule has 4 amide bonds. The zero-order chi connectivity index (χ0) is 40.0. The van der Waals surface area contributed by atoms with Crippen molar-refractivity contribution in [2.75, 3.05) is 21.7 Å². The van der Waals surface area contributed by atoms with Gasteiger partial charge in [0, 0.05) is 22.9 Å². The Hall–Kier alpha value is -5.47. The molecule has 4 aliphatic rings. The highest BCUT2D eigenvalue weighted by molar-refractivity contribution is 6.58. The Morgan fingerprint density at radius 2 is 1.39 bits per heavy atom. The van der Waals surface area contributed by atoms with Crippen molar-refractivity contribution in [1.29, 1.82) is 0 Å². The fraction of sp³-hybridized carbons (Fsp3) is 0.250. The summed E-state index contributed by atoms with van der Waals surface area (Å²) in [6.45, 7) is 1.70. The number of rotatable bonds is 7. The quantitative estimate of drug-likeness (QED) is 0.0486. The topological polar surface area (TPSA) is 116 Å². The van der Waals surface area contributed by atoms with Crippen LogP contribution in [0.5, 0.6) is 11.5 Å². The molecule has 3 fully saturated rings. The number of allylic oxidation sites excluding steroid dienone is 2. The van der Waals surface area contributed by atoms with Crippen molar-refractivity contribution in [3.05, 3.63) is 119 Å². The van der Waals surface area contributed by atoms with Gasteiger partial charge < -0.3 is 15.2 Å². The molecule has 4 aromatic rings. The van der Waals surface area contributed by atoms with Crippen LogP contribution < -0.4 is 19.9 Å². The van der Waals surface area contributed by atoms with Crippen molar-refractivity contribution >= 4 is 69.6 Å². The van der Waals surface area contributed by atoms with Gasteiger partial charge in [-0.1, -0.05) is 42.0 Å². The van der Waals surface area contributed by atoms with E-state index >= 15 is 8.78 Å². The fourth-order valence-electron chi connectivity index (χ4n) is 8.59. The van der Waals surface area contributed by atoms with Crippen LogP contribution in [-0.4, -0.2) is 45.1 Å². The van der Waals surface area contributed by atoms with E-state index in [1.165, 1.54) is 18.2 Å². The van der Waals surface area contributed by atoms with Crippen molar-refractivity contribution in [3.8, 4) is 11.5 Å². The van der Waals surface area contributed by atoms with Gasteiger partial charge in [0.05, 0.1) is 24.1 Å². The number of fused-ring (bicyclic) bond motifs is 4. The molecule has 56 heavy (non-hydrogen) atoms. The summed E-state index contributed by atoms with van der Waals surface area (Å²) in [5.74, 6) is -22.6. The van der Waals surface area contributed by atoms with Crippen LogP contribution >= 0.6 is 23.2 Å². The maximum Gasteiger partial charge on any atom is 0.258 e. The Morgan fingerprint density at radius 1 is 0.768 bits per heavy atom. The molecule has 1 saturated carbocycles. The van der Waals surface area contributed by atoms with Gasteiger partial charge in [-0.05, 0) is 68.1 Å². The predicted molar refractivity (Wildman–Crippen MR) is 194 cm³/mol. The van der Waals surface area contributed by atoms with E-state index in [0.717, 1.165) is 10.6 Å². The first-order chi connectivity index (χ1) is 26.7. The highest BCUT2D eigenvalue weighted by atomic mass is 35.5. The molecule has 4 aromatic carbocycles. The van der Waals surface area contributed by atoms with E-state index in [2.05, 4.69) is 5.32 Å². The molecular weight excluding hydrogens is 784 g/mol. The highest BCUT2D eigenvalue weighted by Crippen LogP contribution is 2.67. The summed E-state index contributed by atoms with van der Waals surface area (Å²) in [4.78, 5) is 52.7. The minimum Gasteiger partial charge on any atom is -0.504 e. The van der Waals surface area contributed by atoms with Gasteiger partial charge in [-0.15, -0.1) is 23.2 Å².